The van der Waals surface area contributed by atoms with Gasteiger partial charge in [-0.3, -0.25) is 0 Å². The summed E-state index contributed by atoms with van der Waals surface area (Å²) in [5.74, 6) is 1.38. The second-order valence-corrected chi connectivity index (χ2v) is 5.61. The molecule has 1 heterocycles. The van der Waals surface area contributed by atoms with E-state index in [1.54, 1.807) is 0 Å². The normalized spacial score (nSPS) is 10.9. The largest absolute Gasteiger partial charge is 0.373 e. The molecule has 0 fully saturated rings. The molecule has 0 bridgehead atoms. The summed E-state index contributed by atoms with van der Waals surface area (Å²) in [6.45, 7) is 1.97. The fourth-order valence-corrected chi connectivity index (χ4v) is 2.50. The van der Waals surface area contributed by atoms with Crippen LogP contribution in [-0.2, 0) is 0 Å². The molecule has 3 rings (SSSR count). The highest BCUT2D eigenvalue weighted by Gasteiger charge is 2.10. The minimum atomic E-state index is 0.635. The molecule has 3 aromatic rings. The van der Waals surface area contributed by atoms with Gasteiger partial charge in [0, 0.05) is 28.0 Å². The number of halogens is 2. The second kappa shape index (κ2) is 5.51. The smallest absolute Gasteiger partial charge is 0.162 e. The van der Waals surface area contributed by atoms with Crippen molar-refractivity contribution >= 4 is 39.9 Å². The average Bonchev–Trinajstić information content (AvgIpc) is 2.49. The van der Waals surface area contributed by atoms with E-state index in [1.165, 1.54) is 0 Å². The molecule has 5 heteroatoms. The monoisotopic (exact) mass is 317 g/mol. The summed E-state index contributed by atoms with van der Waals surface area (Å²) >= 11 is 12.2. The van der Waals surface area contributed by atoms with Crippen LogP contribution in [0, 0.1) is 6.92 Å². The Kier molecular flexibility index (Phi) is 3.70. The molecule has 0 unspecified atom stereocenters. The Bertz CT molecular complexity index is 831. The topological polar surface area (TPSA) is 37.8 Å². The third-order valence-corrected chi connectivity index (χ3v) is 3.97. The van der Waals surface area contributed by atoms with E-state index in [-0.39, 0.29) is 0 Å². The molecule has 1 aromatic heterocycles. The average molecular weight is 318 g/mol. The molecule has 0 aliphatic rings. The van der Waals surface area contributed by atoms with E-state index in [4.69, 9.17) is 23.2 Å². The van der Waals surface area contributed by atoms with Gasteiger partial charge in [-0.1, -0.05) is 35.3 Å². The SMILES string of the molecule is CNc1nc(-c2ccc(C)c(Cl)c2)nc2ccc(Cl)cc12. The van der Waals surface area contributed by atoms with Crippen molar-refractivity contribution in [1.29, 1.82) is 0 Å². The molecular weight excluding hydrogens is 305 g/mol. The van der Waals surface area contributed by atoms with Gasteiger partial charge in [0.1, 0.15) is 5.82 Å². The zero-order valence-electron chi connectivity index (χ0n) is 11.6. The van der Waals surface area contributed by atoms with Gasteiger partial charge in [0.15, 0.2) is 5.82 Å². The summed E-state index contributed by atoms with van der Waals surface area (Å²) in [7, 11) is 1.83. The number of aryl methyl sites for hydroxylation is 1. The highest BCUT2D eigenvalue weighted by Crippen LogP contribution is 2.28. The maximum absolute atomic E-state index is 6.19. The predicted octanol–water partition coefficient (Wildman–Crippen LogP) is 4.95. The minimum absolute atomic E-state index is 0.635. The molecule has 0 saturated carbocycles. The lowest BCUT2D eigenvalue weighted by molar-refractivity contribution is 1.21. The van der Waals surface area contributed by atoms with Crippen LogP contribution >= 0.6 is 23.2 Å². The molecule has 0 atom stereocenters. The highest BCUT2D eigenvalue weighted by atomic mass is 35.5. The van der Waals surface area contributed by atoms with Crippen molar-refractivity contribution in [3.63, 3.8) is 0 Å². The first kappa shape index (κ1) is 14.1. The van der Waals surface area contributed by atoms with Crippen molar-refractivity contribution in [2.75, 3.05) is 12.4 Å². The molecule has 2 aromatic carbocycles. The zero-order valence-corrected chi connectivity index (χ0v) is 13.1. The van der Waals surface area contributed by atoms with E-state index in [1.807, 2.05) is 50.4 Å². The van der Waals surface area contributed by atoms with Gasteiger partial charge in [0.25, 0.3) is 0 Å². The molecule has 21 heavy (non-hydrogen) atoms. The fraction of sp³-hybridized carbons (Fsp3) is 0.125. The molecule has 0 amide bonds. The van der Waals surface area contributed by atoms with Crippen molar-refractivity contribution in [3.8, 4) is 11.4 Å². The summed E-state index contributed by atoms with van der Waals surface area (Å²) in [6, 6.07) is 11.4. The third-order valence-electron chi connectivity index (χ3n) is 3.32. The number of nitrogens with zero attached hydrogens (tertiary/aromatic N) is 2. The molecule has 3 nitrogen and oxygen atoms in total. The predicted molar refractivity (Wildman–Crippen MR) is 89.3 cm³/mol. The quantitative estimate of drug-likeness (QED) is 0.726. The van der Waals surface area contributed by atoms with Crippen LogP contribution in [0.25, 0.3) is 22.3 Å². The molecule has 0 radical (unpaired) electrons. The lowest BCUT2D eigenvalue weighted by Gasteiger charge is -2.09. The van der Waals surface area contributed by atoms with Crippen molar-refractivity contribution in [1.82, 2.24) is 9.97 Å². The van der Waals surface area contributed by atoms with Crippen molar-refractivity contribution in [3.05, 3.63) is 52.0 Å². The van der Waals surface area contributed by atoms with Crippen LogP contribution in [0.1, 0.15) is 5.56 Å². The Morgan fingerprint density at radius 3 is 2.52 bits per heavy atom. The van der Waals surface area contributed by atoms with Crippen LogP contribution in [-0.4, -0.2) is 17.0 Å². The van der Waals surface area contributed by atoms with E-state index >= 15 is 0 Å². The van der Waals surface area contributed by atoms with Crippen molar-refractivity contribution in [2.45, 2.75) is 6.92 Å². The lowest BCUT2D eigenvalue weighted by atomic mass is 10.1. The number of nitrogens with one attached hydrogen (secondary N) is 1. The summed E-state index contributed by atoms with van der Waals surface area (Å²) in [6.07, 6.45) is 0. The summed E-state index contributed by atoms with van der Waals surface area (Å²) in [5, 5.41) is 5.35. The molecule has 0 saturated heterocycles. The maximum atomic E-state index is 6.19. The van der Waals surface area contributed by atoms with E-state index in [9.17, 15) is 0 Å². The zero-order chi connectivity index (χ0) is 15.0. The maximum Gasteiger partial charge on any atom is 0.162 e. The fourth-order valence-electron chi connectivity index (χ4n) is 2.15. The van der Waals surface area contributed by atoms with Gasteiger partial charge >= 0.3 is 0 Å². The number of aromatic nitrogens is 2. The number of rotatable bonds is 2. The Morgan fingerprint density at radius 2 is 1.81 bits per heavy atom. The van der Waals surface area contributed by atoms with E-state index in [0.29, 0.717) is 15.9 Å². The first-order valence-electron chi connectivity index (χ1n) is 6.50. The number of hydrogen-bond acceptors (Lipinski definition) is 3. The van der Waals surface area contributed by atoms with Crippen LogP contribution in [0.4, 0.5) is 5.82 Å². The number of hydrogen-bond donors (Lipinski definition) is 1. The Morgan fingerprint density at radius 1 is 1.00 bits per heavy atom. The summed E-state index contributed by atoms with van der Waals surface area (Å²) in [5.41, 5.74) is 2.76. The summed E-state index contributed by atoms with van der Waals surface area (Å²) < 4.78 is 0. The van der Waals surface area contributed by atoms with E-state index in [2.05, 4.69) is 15.3 Å². The number of fused-ring (bicyclic) bond motifs is 1. The van der Waals surface area contributed by atoms with Gasteiger partial charge in [0.2, 0.25) is 0 Å². The second-order valence-electron chi connectivity index (χ2n) is 4.77. The number of anilines is 1. The van der Waals surface area contributed by atoms with Gasteiger partial charge in [-0.25, -0.2) is 9.97 Å². The molecule has 0 aliphatic heterocycles. The van der Waals surface area contributed by atoms with E-state index < -0.39 is 0 Å². The summed E-state index contributed by atoms with van der Waals surface area (Å²) in [4.78, 5) is 9.16. The van der Waals surface area contributed by atoms with Gasteiger partial charge in [-0.05, 0) is 36.8 Å². The van der Waals surface area contributed by atoms with Crippen molar-refractivity contribution in [2.24, 2.45) is 0 Å². The van der Waals surface area contributed by atoms with Crippen molar-refractivity contribution < 1.29 is 0 Å². The Labute approximate surface area is 132 Å². The van der Waals surface area contributed by atoms with Crippen LogP contribution < -0.4 is 5.32 Å². The first-order valence-corrected chi connectivity index (χ1v) is 7.25. The standard InChI is InChI=1S/C16H13Cl2N3/c1-9-3-4-10(7-13(9)18)15-20-14-6-5-11(17)8-12(14)16(19-2)21-15/h3-8H,1-2H3,(H,19,20,21). The van der Waals surface area contributed by atoms with Crippen LogP contribution in [0.15, 0.2) is 36.4 Å². The molecule has 1 N–H and O–H groups in total. The molecular formula is C16H13Cl2N3. The lowest BCUT2D eigenvalue weighted by Crippen LogP contribution is -1.99. The molecule has 106 valence electrons. The van der Waals surface area contributed by atoms with E-state index in [0.717, 1.165) is 27.8 Å². The van der Waals surface area contributed by atoms with Crippen LogP contribution in [0.3, 0.4) is 0 Å². The molecule has 0 aliphatic carbocycles. The van der Waals surface area contributed by atoms with Gasteiger partial charge < -0.3 is 5.32 Å². The Balaban J connectivity index is 2.23. The highest BCUT2D eigenvalue weighted by molar-refractivity contribution is 6.32. The Hall–Kier alpha value is -1.84. The van der Waals surface area contributed by atoms with Crippen LogP contribution in [0.5, 0.6) is 0 Å². The van der Waals surface area contributed by atoms with Crippen LogP contribution in [0.2, 0.25) is 10.0 Å². The van der Waals surface area contributed by atoms with Gasteiger partial charge in [-0.15, -0.1) is 0 Å². The van der Waals surface area contributed by atoms with Gasteiger partial charge in [0.05, 0.1) is 5.52 Å². The van der Waals surface area contributed by atoms with Gasteiger partial charge in [-0.2, -0.15) is 0 Å². The third kappa shape index (κ3) is 2.67. The first-order chi connectivity index (χ1) is 10.1. The minimum Gasteiger partial charge on any atom is -0.373 e. The molecule has 0 spiro atoms. The number of benzene rings is 2.